The van der Waals surface area contributed by atoms with Crippen LogP contribution in [0.1, 0.15) is 22.3 Å². The molecule has 0 radical (unpaired) electrons. The maximum absolute atomic E-state index is 8.78. The molecule has 0 aliphatic rings. The van der Waals surface area contributed by atoms with E-state index in [1.807, 2.05) is 6.07 Å². The number of benzene rings is 3. The molecule has 0 fully saturated rings. The number of hydrogen-bond donors (Lipinski definition) is 1. The van der Waals surface area contributed by atoms with E-state index in [2.05, 4.69) is 77.9 Å². The van der Waals surface area contributed by atoms with Crippen LogP contribution in [0.25, 0.3) is 0 Å². The van der Waals surface area contributed by atoms with Gasteiger partial charge in [-0.3, -0.25) is 9.35 Å². The van der Waals surface area contributed by atoms with Gasteiger partial charge in [-0.2, -0.15) is 0 Å². The molecule has 2 N–H and O–H groups in total. The quantitative estimate of drug-likeness (QED) is 0.699. The molecule has 0 saturated heterocycles. The summed E-state index contributed by atoms with van der Waals surface area (Å²) in [5.74, 6) is 0.919. The number of methoxy groups -OCH3 is 1. The van der Waals surface area contributed by atoms with Crippen molar-refractivity contribution in [2.24, 2.45) is 5.14 Å². The molecule has 26 heavy (non-hydrogen) atoms. The molecule has 0 aromatic heterocycles. The van der Waals surface area contributed by atoms with Crippen molar-refractivity contribution >= 4 is 11.3 Å². The van der Waals surface area contributed by atoms with Gasteiger partial charge < -0.3 is 9.29 Å². The van der Waals surface area contributed by atoms with Crippen LogP contribution in [0.15, 0.2) is 78.9 Å². The Morgan fingerprint density at radius 3 is 1.77 bits per heavy atom. The van der Waals surface area contributed by atoms with Crippen molar-refractivity contribution in [3.8, 4) is 5.75 Å². The first-order valence-corrected chi connectivity index (χ1v) is 9.29. The number of nitrogens with two attached hydrogens (primary N) is 1. The van der Waals surface area contributed by atoms with Crippen molar-refractivity contribution in [1.29, 1.82) is 0 Å². The SMILES string of the molecule is COc1ccc(Cc2ccccc2)c(Cc2ccccc2)c1.NS(=O)[O-]. The van der Waals surface area contributed by atoms with E-state index >= 15 is 0 Å². The lowest BCUT2D eigenvalue weighted by atomic mass is 9.95. The molecule has 0 aliphatic heterocycles. The Hall–Kier alpha value is -2.47. The van der Waals surface area contributed by atoms with E-state index < -0.39 is 11.3 Å². The molecule has 0 spiro atoms. The van der Waals surface area contributed by atoms with Gasteiger partial charge in [0.05, 0.1) is 7.11 Å². The molecule has 0 aliphatic carbocycles. The first-order valence-electron chi connectivity index (χ1n) is 8.16. The predicted octanol–water partition coefficient (Wildman–Crippen LogP) is 3.62. The molecule has 0 saturated carbocycles. The van der Waals surface area contributed by atoms with Gasteiger partial charge in [0.1, 0.15) is 5.75 Å². The third-order valence-electron chi connectivity index (χ3n) is 3.89. The van der Waals surface area contributed by atoms with Crippen molar-refractivity contribution in [3.05, 3.63) is 101 Å². The molecular weight excluding hydrogens is 346 g/mol. The van der Waals surface area contributed by atoms with Gasteiger partial charge in [0.25, 0.3) is 0 Å². The van der Waals surface area contributed by atoms with E-state index in [1.54, 1.807) is 7.11 Å². The minimum absolute atomic E-state index is 0.919. The average molecular weight is 368 g/mol. The molecule has 1 atom stereocenters. The summed E-state index contributed by atoms with van der Waals surface area (Å²) in [6.45, 7) is 0. The zero-order valence-electron chi connectivity index (χ0n) is 14.6. The Bertz CT molecular complexity index is 819. The molecule has 3 aromatic rings. The highest BCUT2D eigenvalue weighted by molar-refractivity contribution is 7.76. The van der Waals surface area contributed by atoms with Crippen LogP contribution >= 0.6 is 0 Å². The van der Waals surface area contributed by atoms with Gasteiger partial charge in [-0.1, -0.05) is 66.7 Å². The summed E-state index contributed by atoms with van der Waals surface area (Å²) in [6, 6.07) is 27.6. The Balaban J connectivity index is 0.000000552. The van der Waals surface area contributed by atoms with Crippen LogP contribution < -0.4 is 9.88 Å². The second kappa shape index (κ2) is 10.5. The summed E-state index contributed by atoms with van der Waals surface area (Å²) >= 11 is -2.36. The molecule has 3 aromatic carbocycles. The van der Waals surface area contributed by atoms with Crippen LogP contribution in [0.4, 0.5) is 0 Å². The van der Waals surface area contributed by atoms with E-state index in [4.69, 9.17) is 13.5 Å². The highest BCUT2D eigenvalue weighted by Gasteiger charge is 2.07. The maximum atomic E-state index is 8.78. The molecule has 136 valence electrons. The molecule has 0 amide bonds. The zero-order valence-corrected chi connectivity index (χ0v) is 15.4. The molecule has 4 nitrogen and oxygen atoms in total. The van der Waals surface area contributed by atoms with E-state index in [-0.39, 0.29) is 0 Å². The average Bonchev–Trinajstić information content (AvgIpc) is 2.64. The van der Waals surface area contributed by atoms with Crippen LogP contribution in [0.2, 0.25) is 0 Å². The summed E-state index contributed by atoms with van der Waals surface area (Å²) in [6.07, 6.45) is 1.88. The van der Waals surface area contributed by atoms with E-state index in [0.717, 1.165) is 18.6 Å². The van der Waals surface area contributed by atoms with Crippen molar-refractivity contribution in [1.82, 2.24) is 0 Å². The summed E-state index contributed by atoms with van der Waals surface area (Å²) in [5, 5.41) is 4.03. The first-order chi connectivity index (χ1) is 12.6. The van der Waals surface area contributed by atoms with Gasteiger partial charge in [-0.25, -0.2) is 0 Å². The monoisotopic (exact) mass is 368 g/mol. The van der Waals surface area contributed by atoms with Gasteiger partial charge in [0.2, 0.25) is 0 Å². The Morgan fingerprint density at radius 1 is 0.846 bits per heavy atom. The summed E-state index contributed by atoms with van der Waals surface area (Å²) < 4.78 is 23.0. The van der Waals surface area contributed by atoms with Gasteiger partial charge in [-0.15, -0.1) is 0 Å². The third kappa shape index (κ3) is 6.80. The van der Waals surface area contributed by atoms with Crippen LogP contribution in [0.3, 0.4) is 0 Å². The standard InChI is InChI=1S/C21H20O.H3NO2S/c1-22-21-13-12-19(14-17-8-4-2-5-9-17)20(16-21)15-18-10-6-3-7-11-18;1-4(2)3/h2-13,16H,14-15H2,1H3;1H2,(H,2,3)/p-1. The molecule has 0 bridgehead atoms. The lowest BCUT2D eigenvalue weighted by molar-refractivity contribution is 0.414. The lowest BCUT2D eigenvalue weighted by Gasteiger charge is -2.12. The van der Waals surface area contributed by atoms with Crippen molar-refractivity contribution in [2.45, 2.75) is 12.8 Å². The van der Waals surface area contributed by atoms with Crippen molar-refractivity contribution in [2.75, 3.05) is 7.11 Å². The predicted molar refractivity (Wildman–Crippen MR) is 105 cm³/mol. The van der Waals surface area contributed by atoms with E-state index in [1.165, 1.54) is 22.3 Å². The largest absolute Gasteiger partial charge is 0.760 e. The fourth-order valence-corrected chi connectivity index (χ4v) is 2.70. The Morgan fingerprint density at radius 2 is 1.31 bits per heavy atom. The van der Waals surface area contributed by atoms with E-state index in [9.17, 15) is 0 Å². The van der Waals surface area contributed by atoms with Gasteiger partial charge in [-0.05, 0) is 47.2 Å². The normalized spacial score (nSPS) is 11.2. The number of hydrogen-bond acceptors (Lipinski definition) is 3. The highest BCUT2D eigenvalue weighted by Crippen LogP contribution is 2.23. The molecule has 0 heterocycles. The van der Waals surface area contributed by atoms with Gasteiger partial charge in [0, 0.05) is 11.3 Å². The fourth-order valence-electron chi connectivity index (χ4n) is 2.70. The van der Waals surface area contributed by atoms with E-state index in [0.29, 0.717) is 0 Å². The lowest BCUT2D eigenvalue weighted by Crippen LogP contribution is -1.98. The van der Waals surface area contributed by atoms with Crippen molar-refractivity contribution in [3.63, 3.8) is 0 Å². The minimum atomic E-state index is -2.36. The Kier molecular flexibility index (Phi) is 8.02. The summed E-state index contributed by atoms with van der Waals surface area (Å²) in [7, 11) is 1.72. The van der Waals surface area contributed by atoms with Crippen molar-refractivity contribution < 1.29 is 13.5 Å². The van der Waals surface area contributed by atoms with Crippen LogP contribution in [-0.2, 0) is 24.1 Å². The molecule has 1 unspecified atom stereocenters. The summed E-state index contributed by atoms with van der Waals surface area (Å²) in [5.41, 5.74) is 5.34. The molecular formula is C21H22NO3S-. The highest BCUT2D eigenvalue weighted by atomic mass is 32.2. The number of ether oxygens (including phenoxy) is 1. The fraction of sp³-hybridized carbons (Fsp3) is 0.143. The molecule has 5 heteroatoms. The zero-order chi connectivity index (χ0) is 18.8. The maximum Gasteiger partial charge on any atom is 0.119 e. The van der Waals surface area contributed by atoms with Gasteiger partial charge in [0.15, 0.2) is 0 Å². The smallest absolute Gasteiger partial charge is 0.119 e. The second-order valence-electron chi connectivity index (χ2n) is 5.72. The topological polar surface area (TPSA) is 75.4 Å². The molecule has 3 rings (SSSR count). The Labute approximate surface area is 157 Å². The van der Waals surface area contributed by atoms with Crippen LogP contribution in [0.5, 0.6) is 5.75 Å². The second-order valence-corrected chi connectivity index (χ2v) is 6.24. The first kappa shape index (κ1) is 19.8. The minimum Gasteiger partial charge on any atom is -0.760 e. The van der Waals surface area contributed by atoms with Crippen LogP contribution in [-0.4, -0.2) is 15.9 Å². The number of rotatable bonds is 5. The third-order valence-corrected chi connectivity index (χ3v) is 3.89. The summed E-state index contributed by atoms with van der Waals surface area (Å²) in [4.78, 5) is 0. The van der Waals surface area contributed by atoms with Gasteiger partial charge >= 0.3 is 0 Å². The van der Waals surface area contributed by atoms with Crippen LogP contribution in [0, 0.1) is 0 Å².